The van der Waals surface area contributed by atoms with Crippen LogP contribution in [0.1, 0.15) is 49.0 Å². The Morgan fingerprint density at radius 1 is 1.11 bits per heavy atom. The first-order valence-electron chi connectivity index (χ1n) is 12.9. The summed E-state index contributed by atoms with van der Waals surface area (Å²) in [5, 5.41) is 2.89. The maximum atomic E-state index is 13.1. The van der Waals surface area contributed by atoms with Gasteiger partial charge in [-0.1, -0.05) is 0 Å². The molecule has 200 valence electrons. The highest BCUT2D eigenvalue weighted by molar-refractivity contribution is 5.94. The zero-order chi connectivity index (χ0) is 25.5. The first kappa shape index (κ1) is 26.7. The molecule has 0 bridgehead atoms. The van der Waals surface area contributed by atoms with Crippen LogP contribution in [0, 0.1) is 11.8 Å². The Morgan fingerprint density at radius 2 is 1.86 bits per heavy atom. The molecule has 2 saturated heterocycles. The van der Waals surface area contributed by atoms with E-state index in [9.17, 15) is 22.8 Å². The van der Waals surface area contributed by atoms with Gasteiger partial charge in [-0.3, -0.25) is 14.5 Å². The Hall–Kier alpha value is -2.40. The fourth-order valence-corrected chi connectivity index (χ4v) is 5.30. The molecule has 36 heavy (non-hydrogen) atoms. The summed E-state index contributed by atoms with van der Waals surface area (Å²) >= 11 is 0. The van der Waals surface area contributed by atoms with Crippen LogP contribution in [-0.4, -0.2) is 91.4 Å². The van der Waals surface area contributed by atoms with E-state index in [2.05, 4.69) is 15.2 Å². The number of nitrogens with one attached hydrogen (secondary N) is 1. The first-order valence-corrected chi connectivity index (χ1v) is 12.9. The Morgan fingerprint density at radius 3 is 2.58 bits per heavy atom. The van der Waals surface area contributed by atoms with Gasteiger partial charge in [0.15, 0.2) is 11.4 Å². The minimum absolute atomic E-state index is 0.00854. The second-order valence-corrected chi connectivity index (χ2v) is 9.79. The lowest BCUT2D eigenvalue weighted by atomic mass is 9.81. The molecule has 1 aromatic rings. The molecule has 1 saturated carbocycles. The molecule has 0 spiro atoms. The van der Waals surface area contributed by atoms with Crippen LogP contribution >= 0.6 is 0 Å². The number of halogens is 3. The van der Waals surface area contributed by atoms with E-state index in [1.165, 1.54) is 6.20 Å². The van der Waals surface area contributed by atoms with Gasteiger partial charge in [0.2, 0.25) is 5.91 Å². The zero-order valence-electron chi connectivity index (χ0n) is 20.5. The molecule has 3 aliphatic rings. The summed E-state index contributed by atoms with van der Waals surface area (Å²) in [5.41, 5.74) is 0.195. The predicted molar refractivity (Wildman–Crippen MR) is 126 cm³/mol. The van der Waals surface area contributed by atoms with Crippen molar-refractivity contribution in [1.29, 1.82) is 0 Å². The van der Waals surface area contributed by atoms with Crippen molar-refractivity contribution in [3.05, 3.63) is 24.0 Å². The van der Waals surface area contributed by atoms with E-state index in [1.54, 1.807) is 17.0 Å². The predicted octanol–water partition coefficient (Wildman–Crippen LogP) is 2.88. The van der Waals surface area contributed by atoms with Gasteiger partial charge >= 0.3 is 6.18 Å². The van der Waals surface area contributed by atoms with Gasteiger partial charge < -0.3 is 19.7 Å². The number of carbonyl (C=O) groups is 2. The van der Waals surface area contributed by atoms with Gasteiger partial charge in [-0.25, -0.2) is 4.98 Å². The van der Waals surface area contributed by atoms with Crippen LogP contribution in [0.3, 0.4) is 0 Å². The lowest BCUT2D eigenvalue weighted by molar-refractivity contribution is -0.185. The summed E-state index contributed by atoms with van der Waals surface area (Å²) in [6.07, 6.45) is -0.524. The number of alkyl halides is 3. The Labute approximate surface area is 209 Å². The maximum absolute atomic E-state index is 13.1. The molecule has 1 N–H and O–H groups in total. The molecule has 2 aliphatic heterocycles. The lowest BCUT2D eigenvalue weighted by Gasteiger charge is -2.33. The van der Waals surface area contributed by atoms with Gasteiger partial charge in [-0.15, -0.1) is 0 Å². The van der Waals surface area contributed by atoms with Crippen LogP contribution in [0.25, 0.3) is 0 Å². The largest absolute Gasteiger partial charge is 0.489 e. The standard InChI is InChI=1S/C25H35F3N4O4/c26-25(27,28)19-7-5-18(6-8-19)24(34)32-11-2-3-20(32)17-36-21-4-1-9-29-22(21)23(33)30-10-12-31-13-15-35-16-14-31/h1,4,9,18-20H,2-3,5-8,10-17H2,(H,30,33)/t18-,19-,20-/m1/s1. The molecule has 0 aromatic carbocycles. The maximum Gasteiger partial charge on any atom is 0.391 e. The number of hydrogen-bond acceptors (Lipinski definition) is 6. The average molecular weight is 513 g/mol. The van der Waals surface area contributed by atoms with Crippen LogP contribution in [-0.2, 0) is 9.53 Å². The summed E-state index contributed by atoms with van der Waals surface area (Å²) in [7, 11) is 0. The number of rotatable bonds is 8. The average Bonchev–Trinajstić information content (AvgIpc) is 3.36. The second-order valence-electron chi connectivity index (χ2n) is 9.79. The summed E-state index contributed by atoms with van der Waals surface area (Å²) in [5.74, 6) is -1.71. The van der Waals surface area contributed by atoms with Crippen molar-refractivity contribution in [2.45, 2.75) is 50.7 Å². The van der Waals surface area contributed by atoms with E-state index in [-0.39, 0.29) is 61.8 Å². The SMILES string of the molecule is O=C(NCCN1CCOCC1)c1ncccc1OC[C@H]1CCCN1C(=O)[C@H]1CC[C@H](C(F)(F)F)CC1. The van der Waals surface area contributed by atoms with Gasteiger partial charge in [-0.05, 0) is 50.7 Å². The van der Waals surface area contributed by atoms with Crippen LogP contribution in [0.15, 0.2) is 18.3 Å². The van der Waals surface area contributed by atoms with Crippen molar-refractivity contribution in [2.24, 2.45) is 11.8 Å². The fourth-order valence-electron chi connectivity index (χ4n) is 5.30. The number of ether oxygens (including phenoxy) is 2. The van der Waals surface area contributed by atoms with Crippen LogP contribution < -0.4 is 10.1 Å². The number of pyridine rings is 1. The van der Waals surface area contributed by atoms with E-state index in [0.29, 0.717) is 32.1 Å². The number of morpholine rings is 1. The highest BCUT2D eigenvalue weighted by Gasteiger charge is 2.44. The molecule has 1 aromatic heterocycles. The number of nitrogens with zero attached hydrogens (tertiary/aromatic N) is 3. The minimum atomic E-state index is -4.19. The fraction of sp³-hybridized carbons (Fsp3) is 0.720. The highest BCUT2D eigenvalue weighted by Crippen LogP contribution is 2.40. The third-order valence-corrected chi connectivity index (χ3v) is 7.43. The number of carbonyl (C=O) groups excluding carboxylic acids is 2. The van der Waals surface area contributed by atoms with E-state index >= 15 is 0 Å². The molecule has 1 aliphatic carbocycles. The molecule has 8 nitrogen and oxygen atoms in total. The first-order chi connectivity index (χ1) is 17.3. The normalized spacial score (nSPS) is 25.5. The molecular formula is C25H35F3N4O4. The molecule has 1 atom stereocenters. The molecule has 4 rings (SSSR count). The van der Waals surface area contributed by atoms with Crippen molar-refractivity contribution >= 4 is 11.8 Å². The molecule has 11 heteroatoms. The van der Waals surface area contributed by atoms with Gasteiger partial charge in [0, 0.05) is 44.8 Å². The smallest absolute Gasteiger partial charge is 0.391 e. The molecule has 2 amide bonds. The summed E-state index contributed by atoms with van der Waals surface area (Å²) < 4.78 is 50.3. The van der Waals surface area contributed by atoms with Gasteiger partial charge in [0.05, 0.1) is 25.2 Å². The van der Waals surface area contributed by atoms with Gasteiger partial charge in [0.1, 0.15) is 6.61 Å². The van der Waals surface area contributed by atoms with Crippen molar-refractivity contribution in [3.63, 3.8) is 0 Å². The van der Waals surface area contributed by atoms with E-state index in [0.717, 1.165) is 32.5 Å². The third-order valence-electron chi connectivity index (χ3n) is 7.43. The van der Waals surface area contributed by atoms with Crippen LogP contribution in [0.4, 0.5) is 13.2 Å². The topological polar surface area (TPSA) is 84.0 Å². The number of hydrogen-bond donors (Lipinski definition) is 1. The van der Waals surface area contributed by atoms with E-state index in [1.807, 2.05) is 0 Å². The Bertz CT molecular complexity index is 886. The van der Waals surface area contributed by atoms with E-state index in [4.69, 9.17) is 9.47 Å². The van der Waals surface area contributed by atoms with Crippen molar-refractivity contribution in [1.82, 2.24) is 20.1 Å². The second kappa shape index (κ2) is 12.2. The van der Waals surface area contributed by atoms with Crippen molar-refractivity contribution in [2.75, 3.05) is 52.5 Å². The quantitative estimate of drug-likeness (QED) is 0.577. The third kappa shape index (κ3) is 6.88. The number of amides is 2. The lowest BCUT2D eigenvalue weighted by Crippen LogP contribution is -2.44. The summed E-state index contributed by atoms with van der Waals surface area (Å²) in [6.45, 7) is 5.07. The highest BCUT2D eigenvalue weighted by atomic mass is 19.4. The molecule has 3 heterocycles. The Balaban J connectivity index is 1.28. The molecular weight excluding hydrogens is 477 g/mol. The van der Waals surface area contributed by atoms with Gasteiger partial charge in [-0.2, -0.15) is 13.2 Å². The Kier molecular flexibility index (Phi) is 9.05. The summed E-state index contributed by atoms with van der Waals surface area (Å²) in [6, 6.07) is 3.20. The molecule has 0 unspecified atom stereocenters. The number of likely N-dealkylation sites (tertiary alicyclic amines) is 1. The summed E-state index contributed by atoms with van der Waals surface area (Å²) in [4.78, 5) is 34.0. The van der Waals surface area contributed by atoms with Gasteiger partial charge in [0.25, 0.3) is 5.91 Å². The van der Waals surface area contributed by atoms with Crippen molar-refractivity contribution in [3.8, 4) is 5.75 Å². The molecule has 3 fully saturated rings. The van der Waals surface area contributed by atoms with Crippen LogP contribution in [0.5, 0.6) is 5.75 Å². The minimum Gasteiger partial charge on any atom is -0.489 e. The van der Waals surface area contributed by atoms with Crippen molar-refractivity contribution < 1.29 is 32.2 Å². The van der Waals surface area contributed by atoms with E-state index < -0.39 is 12.1 Å². The monoisotopic (exact) mass is 512 g/mol. The zero-order valence-corrected chi connectivity index (χ0v) is 20.5. The van der Waals surface area contributed by atoms with Crippen LogP contribution in [0.2, 0.25) is 0 Å². The number of aromatic nitrogens is 1. The molecule has 0 radical (unpaired) electrons.